The van der Waals surface area contributed by atoms with Crippen molar-refractivity contribution in [2.75, 3.05) is 45.2 Å². The molecule has 1 fully saturated rings. The number of hydrogen-bond acceptors (Lipinski definition) is 6. The first-order chi connectivity index (χ1) is 18.6. The van der Waals surface area contributed by atoms with Gasteiger partial charge in [0.25, 0.3) is 5.91 Å². The topological polar surface area (TPSA) is 113 Å². The first kappa shape index (κ1) is 28.0. The highest BCUT2D eigenvalue weighted by atomic mass is 19.4. The van der Waals surface area contributed by atoms with Crippen LogP contribution in [0.25, 0.3) is 16.9 Å². The molecule has 0 bridgehead atoms. The number of carbonyl (C=O) groups is 2. The van der Waals surface area contributed by atoms with Crippen LogP contribution in [-0.4, -0.2) is 83.7 Å². The molecule has 1 aliphatic heterocycles. The molecule has 0 saturated carbocycles. The zero-order valence-electron chi connectivity index (χ0n) is 21.6. The van der Waals surface area contributed by atoms with Crippen molar-refractivity contribution in [2.24, 2.45) is 0 Å². The van der Waals surface area contributed by atoms with Crippen LogP contribution in [0.2, 0.25) is 0 Å². The number of nitrogens with one attached hydrogen (secondary N) is 3. The third-order valence-corrected chi connectivity index (χ3v) is 6.29. The molecule has 3 N–H and O–H groups in total. The number of methoxy groups -OCH3 is 1. The van der Waals surface area contributed by atoms with Gasteiger partial charge < -0.3 is 15.4 Å². The number of nitrogens with zero attached hydrogens (tertiary/aromatic N) is 4. The molecule has 4 rings (SSSR count). The molecular weight excluding hydrogens is 515 g/mol. The van der Waals surface area contributed by atoms with Gasteiger partial charge in [0, 0.05) is 50.1 Å². The fourth-order valence-corrected chi connectivity index (χ4v) is 4.35. The molecule has 1 atom stereocenters. The summed E-state index contributed by atoms with van der Waals surface area (Å²) in [5.74, 6) is -0.536. The van der Waals surface area contributed by atoms with Gasteiger partial charge in [-0.15, -0.1) is 0 Å². The van der Waals surface area contributed by atoms with Crippen LogP contribution >= 0.6 is 0 Å². The molecule has 208 valence electrons. The van der Waals surface area contributed by atoms with Crippen molar-refractivity contribution in [3.63, 3.8) is 0 Å². The number of para-hydroxylation sites is 1. The van der Waals surface area contributed by atoms with Crippen LogP contribution in [0.3, 0.4) is 0 Å². The van der Waals surface area contributed by atoms with Crippen LogP contribution in [-0.2, 0) is 4.74 Å². The minimum Gasteiger partial charge on any atom is -0.383 e. The van der Waals surface area contributed by atoms with Crippen LogP contribution in [0.1, 0.15) is 22.5 Å². The van der Waals surface area contributed by atoms with Gasteiger partial charge in [0.05, 0.1) is 18.0 Å². The molecule has 13 heteroatoms. The van der Waals surface area contributed by atoms with Crippen molar-refractivity contribution in [3.05, 3.63) is 59.9 Å². The van der Waals surface area contributed by atoms with E-state index in [4.69, 9.17) is 4.74 Å². The first-order valence-electron chi connectivity index (χ1n) is 12.4. The van der Waals surface area contributed by atoms with Crippen molar-refractivity contribution in [3.8, 4) is 16.9 Å². The van der Waals surface area contributed by atoms with Gasteiger partial charge >= 0.3 is 12.2 Å². The Kier molecular flexibility index (Phi) is 8.82. The number of likely N-dealkylation sites (tertiary alicyclic amines) is 1. The summed E-state index contributed by atoms with van der Waals surface area (Å²) in [6.45, 7) is 3.30. The maximum Gasteiger partial charge on any atom is 0.405 e. The van der Waals surface area contributed by atoms with Gasteiger partial charge in [-0.05, 0) is 37.6 Å². The number of amides is 3. The molecule has 39 heavy (non-hydrogen) atoms. The van der Waals surface area contributed by atoms with Gasteiger partial charge in [0.1, 0.15) is 18.1 Å². The van der Waals surface area contributed by atoms with Gasteiger partial charge in [-0.2, -0.15) is 18.3 Å². The van der Waals surface area contributed by atoms with Gasteiger partial charge in [0.15, 0.2) is 0 Å². The van der Waals surface area contributed by atoms with E-state index >= 15 is 0 Å². The molecule has 0 radical (unpaired) electrons. The zero-order valence-corrected chi connectivity index (χ0v) is 21.6. The Bertz CT molecular complexity index is 1300. The Morgan fingerprint density at radius 1 is 1.18 bits per heavy atom. The number of ether oxygens (including phenoxy) is 1. The van der Waals surface area contributed by atoms with Crippen molar-refractivity contribution in [1.82, 2.24) is 30.3 Å². The van der Waals surface area contributed by atoms with E-state index in [0.717, 1.165) is 26.1 Å². The number of anilines is 1. The fourth-order valence-electron chi connectivity index (χ4n) is 4.35. The van der Waals surface area contributed by atoms with Gasteiger partial charge in [-0.3, -0.25) is 20.0 Å². The first-order valence-corrected chi connectivity index (χ1v) is 12.4. The summed E-state index contributed by atoms with van der Waals surface area (Å²) in [5.41, 5.74) is 2.01. The minimum absolute atomic E-state index is 0.0207. The normalized spacial score (nSPS) is 15.8. The van der Waals surface area contributed by atoms with E-state index in [9.17, 15) is 22.8 Å². The van der Waals surface area contributed by atoms with E-state index in [0.29, 0.717) is 34.9 Å². The molecule has 3 amide bonds. The predicted molar refractivity (Wildman–Crippen MR) is 139 cm³/mol. The average molecular weight is 546 g/mol. The molecule has 1 aliphatic rings. The standard InChI is InChI=1S/C26H30F3N7O3/c1-17-22(18-8-10-30-21(14-18)24(37)31-16-26(27,28)29)34-36(20-6-4-3-5-7-20)23(17)33-25(38)32-19-9-11-35(15-19)12-13-39-2/h3-8,10,14,19H,9,11-13,15-16H2,1-2H3,(H,31,37)(H2,32,33,38)/t19-/m0/s1. The summed E-state index contributed by atoms with van der Waals surface area (Å²) in [4.78, 5) is 31.4. The number of aromatic nitrogens is 3. The number of pyridine rings is 1. The molecular formula is C26H30F3N7O3. The smallest absolute Gasteiger partial charge is 0.383 e. The third-order valence-electron chi connectivity index (χ3n) is 6.29. The number of alkyl halides is 3. The van der Waals surface area contributed by atoms with E-state index in [1.54, 1.807) is 24.8 Å². The predicted octanol–water partition coefficient (Wildman–Crippen LogP) is 3.38. The van der Waals surface area contributed by atoms with Gasteiger partial charge in [-0.1, -0.05) is 18.2 Å². The summed E-state index contributed by atoms with van der Waals surface area (Å²) in [6, 6.07) is 11.7. The second kappa shape index (κ2) is 12.3. The lowest BCUT2D eigenvalue weighted by Crippen LogP contribution is -2.40. The van der Waals surface area contributed by atoms with Crippen molar-refractivity contribution < 1.29 is 27.5 Å². The number of halogens is 3. The van der Waals surface area contributed by atoms with E-state index in [2.05, 4.69) is 25.6 Å². The number of carbonyl (C=O) groups excluding carboxylic acids is 2. The molecule has 0 unspecified atom stereocenters. The zero-order chi connectivity index (χ0) is 28.0. The van der Waals surface area contributed by atoms with Crippen LogP contribution in [0.15, 0.2) is 48.7 Å². The highest BCUT2D eigenvalue weighted by molar-refractivity contribution is 5.94. The highest BCUT2D eigenvalue weighted by Crippen LogP contribution is 2.30. The van der Waals surface area contributed by atoms with E-state index < -0.39 is 18.6 Å². The van der Waals surface area contributed by atoms with Crippen molar-refractivity contribution >= 4 is 17.8 Å². The Hall–Kier alpha value is -3.97. The lowest BCUT2D eigenvalue weighted by molar-refractivity contribution is -0.123. The van der Waals surface area contributed by atoms with Gasteiger partial charge in [-0.25, -0.2) is 9.48 Å². The average Bonchev–Trinajstić information content (AvgIpc) is 3.50. The Labute approximate surface area is 223 Å². The van der Waals surface area contributed by atoms with E-state index in [-0.39, 0.29) is 17.8 Å². The lowest BCUT2D eigenvalue weighted by atomic mass is 10.1. The summed E-state index contributed by atoms with van der Waals surface area (Å²) in [6.07, 6.45) is -2.40. The Morgan fingerprint density at radius 3 is 2.67 bits per heavy atom. The maximum absolute atomic E-state index is 13.0. The summed E-state index contributed by atoms with van der Waals surface area (Å²) < 4.78 is 44.3. The van der Waals surface area contributed by atoms with Crippen molar-refractivity contribution in [2.45, 2.75) is 25.6 Å². The molecule has 1 saturated heterocycles. The molecule has 3 aromatic rings. The number of benzene rings is 1. The second-order valence-electron chi connectivity index (χ2n) is 9.17. The Balaban J connectivity index is 1.57. The number of urea groups is 1. The molecule has 3 heterocycles. The number of hydrogen-bond donors (Lipinski definition) is 3. The van der Waals surface area contributed by atoms with E-state index in [1.807, 2.05) is 35.6 Å². The second-order valence-corrected chi connectivity index (χ2v) is 9.17. The highest BCUT2D eigenvalue weighted by Gasteiger charge is 2.29. The van der Waals surface area contributed by atoms with Crippen LogP contribution in [0.5, 0.6) is 0 Å². The van der Waals surface area contributed by atoms with Crippen LogP contribution in [0, 0.1) is 6.92 Å². The van der Waals surface area contributed by atoms with Gasteiger partial charge in [0.2, 0.25) is 0 Å². The molecule has 0 aliphatic carbocycles. The SMILES string of the molecule is COCCN1CC[C@H](NC(=O)Nc2c(C)c(-c3ccnc(C(=O)NCC(F)(F)F)c3)nn2-c2ccccc2)C1. The van der Waals surface area contributed by atoms with E-state index in [1.165, 1.54) is 12.3 Å². The largest absolute Gasteiger partial charge is 0.405 e. The lowest BCUT2D eigenvalue weighted by Gasteiger charge is -2.17. The summed E-state index contributed by atoms with van der Waals surface area (Å²) in [7, 11) is 1.65. The fraction of sp³-hybridized carbons (Fsp3) is 0.385. The van der Waals surface area contributed by atoms with Crippen molar-refractivity contribution in [1.29, 1.82) is 0 Å². The number of rotatable bonds is 9. The third kappa shape index (κ3) is 7.33. The van der Waals surface area contributed by atoms with Crippen LogP contribution in [0.4, 0.5) is 23.8 Å². The summed E-state index contributed by atoms with van der Waals surface area (Å²) >= 11 is 0. The monoisotopic (exact) mass is 545 g/mol. The Morgan fingerprint density at radius 2 is 1.95 bits per heavy atom. The molecule has 10 nitrogen and oxygen atoms in total. The summed E-state index contributed by atoms with van der Waals surface area (Å²) in [5, 5.41) is 12.4. The van der Waals surface area contributed by atoms with Crippen LogP contribution < -0.4 is 16.0 Å². The maximum atomic E-state index is 13.0. The molecule has 2 aromatic heterocycles. The molecule has 0 spiro atoms. The quantitative estimate of drug-likeness (QED) is 0.380. The molecule has 1 aromatic carbocycles. The minimum atomic E-state index is -4.54.